The summed E-state index contributed by atoms with van der Waals surface area (Å²) in [5.74, 6) is -0.272. The molecule has 6 rings (SSSR count). The van der Waals surface area contributed by atoms with Gasteiger partial charge in [0.25, 0.3) is 0 Å². The Kier molecular flexibility index (Phi) is 5.03. The van der Waals surface area contributed by atoms with Crippen molar-refractivity contribution in [1.29, 1.82) is 0 Å². The Morgan fingerprint density at radius 1 is 0.800 bits per heavy atom. The summed E-state index contributed by atoms with van der Waals surface area (Å²) >= 11 is 13.7. The monoisotopic (exact) mass is 476 g/mol. The van der Waals surface area contributed by atoms with Gasteiger partial charge >= 0.3 is 0 Å². The van der Waals surface area contributed by atoms with E-state index < -0.39 is 14.3 Å². The van der Waals surface area contributed by atoms with E-state index in [2.05, 4.69) is 0 Å². The third-order valence-electron chi connectivity index (χ3n) is 7.23. The fourth-order valence-corrected chi connectivity index (χ4v) is 16.0. The highest BCUT2D eigenvalue weighted by Gasteiger charge is 2.64. The van der Waals surface area contributed by atoms with Crippen LogP contribution >= 0.6 is 37.5 Å². The Morgan fingerprint density at radius 3 is 1.90 bits per heavy atom. The van der Waals surface area contributed by atoms with Crippen molar-refractivity contribution >= 4 is 48.1 Å². The predicted molar refractivity (Wildman–Crippen MR) is 129 cm³/mol. The van der Waals surface area contributed by atoms with Gasteiger partial charge in [-0.15, -0.1) is 0 Å². The lowest BCUT2D eigenvalue weighted by Crippen LogP contribution is -2.54. The van der Waals surface area contributed by atoms with Crippen LogP contribution in [-0.4, -0.2) is 23.6 Å². The molecule has 0 radical (unpaired) electrons. The molecule has 2 bridgehead atoms. The first-order valence-corrected chi connectivity index (χ1v) is 15.0. The van der Waals surface area contributed by atoms with Gasteiger partial charge in [-0.2, -0.15) is 0 Å². The van der Waals surface area contributed by atoms with E-state index in [0.29, 0.717) is 12.3 Å². The van der Waals surface area contributed by atoms with Crippen molar-refractivity contribution < 1.29 is 9.13 Å². The highest BCUT2D eigenvalue weighted by molar-refractivity contribution is 7.77. The third kappa shape index (κ3) is 2.77. The number of rotatable bonds is 2. The maximum absolute atomic E-state index is 14.8. The molecule has 156 valence electrons. The third-order valence-corrected chi connectivity index (χ3v) is 16.0. The van der Waals surface area contributed by atoms with Gasteiger partial charge in [0.05, 0.1) is 0 Å². The maximum Gasteiger partial charge on any atom is 0.124 e. The molecule has 0 spiro atoms. The molecule has 0 aromatic heterocycles. The van der Waals surface area contributed by atoms with Crippen molar-refractivity contribution in [3.8, 4) is 0 Å². The second kappa shape index (κ2) is 7.25. The molecular formula is C24H24Cl2O2P2. The molecule has 1 fully saturated rings. The van der Waals surface area contributed by atoms with Gasteiger partial charge in [-0.05, 0) is 19.4 Å². The van der Waals surface area contributed by atoms with Crippen LogP contribution in [0.2, 0.25) is 0 Å². The van der Waals surface area contributed by atoms with Crippen LogP contribution < -0.4 is 10.6 Å². The molecule has 0 N–H and O–H groups in total. The Balaban J connectivity index is 1.79. The molecule has 3 aliphatic heterocycles. The number of hydrogen-bond acceptors (Lipinski definition) is 2. The second-order valence-corrected chi connectivity index (χ2v) is 15.7. The molecular weight excluding hydrogens is 453 g/mol. The largest absolute Gasteiger partial charge is 0.318 e. The Morgan fingerprint density at radius 2 is 1.33 bits per heavy atom. The SMILES string of the molecule is CC1=C(Cl)[C@H]2[C@H]([C@H]3C(C)=C(Cl)[C@@H]2CP3(=O)c2ccccc2)P(=O)(c2ccccc2)C1. The first-order chi connectivity index (χ1) is 14.3. The van der Waals surface area contributed by atoms with Gasteiger partial charge in [0.1, 0.15) is 14.3 Å². The van der Waals surface area contributed by atoms with Gasteiger partial charge in [0, 0.05) is 56.2 Å². The highest BCUT2D eigenvalue weighted by atomic mass is 35.5. The van der Waals surface area contributed by atoms with Crippen LogP contribution in [0.4, 0.5) is 0 Å². The second-order valence-electron chi connectivity index (χ2n) is 8.83. The Bertz CT molecular complexity index is 1170. The van der Waals surface area contributed by atoms with Crippen molar-refractivity contribution in [3.05, 3.63) is 81.9 Å². The lowest BCUT2D eigenvalue weighted by Gasteiger charge is -2.56. The van der Waals surface area contributed by atoms with E-state index in [0.717, 1.165) is 31.8 Å². The molecule has 1 aliphatic carbocycles. The quantitative estimate of drug-likeness (QED) is 0.470. The molecule has 0 amide bonds. The molecule has 2 aromatic rings. The first-order valence-electron chi connectivity index (χ1n) is 10.3. The van der Waals surface area contributed by atoms with Crippen LogP contribution in [0.1, 0.15) is 13.8 Å². The summed E-state index contributed by atoms with van der Waals surface area (Å²) < 4.78 is 29.5. The van der Waals surface area contributed by atoms with Gasteiger partial charge in [-0.25, -0.2) is 0 Å². The van der Waals surface area contributed by atoms with Crippen LogP contribution in [0.3, 0.4) is 0 Å². The molecule has 1 saturated heterocycles. The van der Waals surface area contributed by atoms with Crippen molar-refractivity contribution in [2.24, 2.45) is 11.8 Å². The van der Waals surface area contributed by atoms with Gasteiger partial charge in [0.2, 0.25) is 0 Å². The molecule has 3 heterocycles. The summed E-state index contributed by atoms with van der Waals surface area (Å²) in [6.07, 6.45) is 0.942. The van der Waals surface area contributed by atoms with E-state index in [1.54, 1.807) is 0 Å². The van der Waals surface area contributed by atoms with Gasteiger partial charge in [-0.3, -0.25) is 0 Å². The van der Waals surface area contributed by atoms with Crippen molar-refractivity contribution in [2.45, 2.75) is 25.2 Å². The van der Waals surface area contributed by atoms with Gasteiger partial charge in [0.15, 0.2) is 0 Å². The zero-order valence-corrected chi connectivity index (χ0v) is 20.3. The Labute approximate surface area is 188 Å². The number of halogens is 2. The molecule has 4 aliphatic rings. The molecule has 6 atom stereocenters. The summed E-state index contributed by atoms with van der Waals surface area (Å²) in [5.41, 5.74) is 1.31. The summed E-state index contributed by atoms with van der Waals surface area (Å²) in [6, 6.07) is 19.5. The minimum atomic E-state index is -2.90. The lowest BCUT2D eigenvalue weighted by atomic mass is 9.78. The van der Waals surface area contributed by atoms with Gasteiger partial charge in [-0.1, -0.05) is 89.4 Å². The van der Waals surface area contributed by atoms with E-state index >= 15 is 0 Å². The smallest absolute Gasteiger partial charge is 0.124 e. The standard InChI is InChI=1S/C24H24Cl2O2P2/c1-15-13-29(27,17-9-5-3-6-10-17)24-20(21(15)25)19-14-30(28,18-11-7-4-8-12-18)23(24)16(2)22(19)26/h3-12,19-20,23-24H,13-14H2,1-2H3/t19-,20+,23-,24-,29?,30?/m1/s1. The number of benzene rings is 2. The summed E-state index contributed by atoms with van der Waals surface area (Å²) in [6.45, 7) is 3.97. The highest BCUT2D eigenvalue weighted by Crippen LogP contribution is 2.76. The predicted octanol–water partition coefficient (Wildman–Crippen LogP) is 6.40. The Hall–Kier alpha value is -1.04. The van der Waals surface area contributed by atoms with Crippen molar-refractivity contribution in [3.63, 3.8) is 0 Å². The minimum absolute atomic E-state index is 0.126. The van der Waals surface area contributed by atoms with Crippen LogP contribution in [0.5, 0.6) is 0 Å². The van der Waals surface area contributed by atoms with Crippen LogP contribution in [0.15, 0.2) is 81.9 Å². The van der Waals surface area contributed by atoms with Crippen molar-refractivity contribution in [1.82, 2.24) is 0 Å². The normalized spacial score (nSPS) is 38.0. The number of fused-ring (bicyclic) bond motifs is 1. The van der Waals surface area contributed by atoms with Crippen LogP contribution in [-0.2, 0) is 9.13 Å². The maximum atomic E-state index is 14.8. The van der Waals surface area contributed by atoms with E-state index in [1.807, 2.05) is 74.5 Å². The van der Waals surface area contributed by atoms with Crippen molar-refractivity contribution in [2.75, 3.05) is 12.3 Å². The molecule has 6 heteroatoms. The first kappa shape index (κ1) is 20.8. The zero-order valence-electron chi connectivity index (χ0n) is 17.0. The molecule has 0 saturated carbocycles. The number of hydrogen-bond donors (Lipinski definition) is 0. The van der Waals surface area contributed by atoms with Crippen LogP contribution in [0.25, 0.3) is 0 Å². The summed E-state index contributed by atoms with van der Waals surface area (Å²) in [4.78, 5) is 0. The van der Waals surface area contributed by atoms with Crippen LogP contribution in [0, 0.1) is 11.8 Å². The number of allylic oxidation sites excluding steroid dienone is 4. The molecule has 2 aromatic carbocycles. The van der Waals surface area contributed by atoms with E-state index in [-0.39, 0.29) is 23.2 Å². The average molecular weight is 477 g/mol. The molecule has 2 unspecified atom stereocenters. The minimum Gasteiger partial charge on any atom is -0.318 e. The lowest BCUT2D eigenvalue weighted by molar-refractivity contribution is 0.392. The van der Waals surface area contributed by atoms with E-state index in [9.17, 15) is 9.13 Å². The molecule has 2 nitrogen and oxygen atoms in total. The molecule has 30 heavy (non-hydrogen) atoms. The van der Waals surface area contributed by atoms with E-state index in [4.69, 9.17) is 23.2 Å². The van der Waals surface area contributed by atoms with Gasteiger partial charge < -0.3 is 9.13 Å². The fourth-order valence-electron chi connectivity index (χ4n) is 5.96. The fraction of sp³-hybridized carbons (Fsp3) is 0.333. The zero-order chi connectivity index (χ0) is 21.3. The summed E-state index contributed by atoms with van der Waals surface area (Å²) in [7, 11) is -5.76. The summed E-state index contributed by atoms with van der Waals surface area (Å²) in [5, 5.41) is 3.28. The van der Waals surface area contributed by atoms with E-state index in [1.165, 1.54) is 0 Å². The topological polar surface area (TPSA) is 34.1 Å². The average Bonchev–Trinajstić information content (AvgIpc) is 2.76.